The second-order valence-corrected chi connectivity index (χ2v) is 4.58. The van der Waals surface area contributed by atoms with Crippen LogP contribution in [0.15, 0.2) is 30.3 Å². The van der Waals surface area contributed by atoms with E-state index in [1.165, 1.54) is 16.9 Å². The van der Waals surface area contributed by atoms with Crippen LogP contribution in [0.2, 0.25) is 0 Å². The van der Waals surface area contributed by atoms with Crippen molar-refractivity contribution < 1.29 is 9.84 Å². The summed E-state index contributed by atoms with van der Waals surface area (Å²) in [6, 6.07) is 10.3. The van der Waals surface area contributed by atoms with E-state index >= 15 is 0 Å². The number of hydrogen-bond acceptors (Lipinski definition) is 5. The maximum atomic E-state index is 8.82. The first-order valence-electron chi connectivity index (χ1n) is 5.48. The number of aliphatic hydroxyl groups is 1. The Kier molecular flexibility index (Phi) is 4.46. The van der Waals surface area contributed by atoms with Gasteiger partial charge in [0.05, 0.1) is 13.2 Å². The molecule has 0 aliphatic carbocycles. The van der Waals surface area contributed by atoms with Crippen LogP contribution in [-0.2, 0) is 13.0 Å². The Morgan fingerprint density at radius 2 is 2.00 bits per heavy atom. The molecular weight excluding hydrogens is 236 g/mol. The van der Waals surface area contributed by atoms with E-state index < -0.39 is 0 Å². The highest BCUT2D eigenvalue weighted by atomic mass is 32.1. The highest BCUT2D eigenvalue weighted by Gasteiger charge is 2.03. The Bertz CT molecular complexity index is 445. The van der Waals surface area contributed by atoms with Crippen molar-refractivity contribution in [3.05, 3.63) is 40.9 Å². The van der Waals surface area contributed by atoms with Gasteiger partial charge in [-0.1, -0.05) is 46.8 Å². The normalized spacial score (nSPS) is 10.4. The third-order valence-electron chi connectivity index (χ3n) is 2.26. The van der Waals surface area contributed by atoms with Crippen LogP contribution in [0, 0.1) is 0 Å². The predicted octanol–water partition coefficient (Wildman–Crippen LogP) is 2.04. The van der Waals surface area contributed by atoms with Crippen molar-refractivity contribution in [3.8, 4) is 5.19 Å². The van der Waals surface area contributed by atoms with Crippen molar-refractivity contribution in [2.45, 2.75) is 19.4 Å². The van der Waals surface area contributed by atoms with Crippen LogP contribution in [-0.4, -0.2) is 21.9 Å². The molecule has 2 rings (SSSR count). The molecule has 90 valence electrons. The molecule has 4 nitrogen and oxygen atoms in total. The minimum absolute atomic E-state index is 0.0783. The second-order valence-electron chi connectivity index (χ2n) is 3.56. The molecule has 1 aromatic carbocycles. The van der Waals surface area contributed by atoms with Crippen LogP contribution >= 0.6 is 11.3 Å². The van der Waals surface area contributed by atoms with Crippen molar-refractivity contribution in [2.24, 2.45) is 0 Å². The number of nitrogens with zero attached hydrogens (tertiary/aromatic N) is 2. The fraction of sp³-hybridized carbons (Fsp3) is 0.333. The molecule has 0 bridgehead atoms. The Morgan fingerprint density at radius 3 is 2.71 bits per heavy atom. The first-order chi connectivity index (χ1) is 8.38. The first-order valence-corrected chi connectivity index (χ1v) is 6.30. The molecule has 0 radical (unpaired) electrons. The Hall–Kier alpha value is -1.46. The molecule has 0 amide bonds. The minimum Gasteiger partial charge on any atom is -0.469 e. The zero-order chi connectivity index (χ0) is 11.9. The van der Waals surface area contributed by atoms with Gasteiger partial charge in [0.1, 0.15) is 5.01 Å². The molecule has 0 atom stereocenters. The van der Waals surface area contributed by atoms with Crippen LogP contribution < -0.4 is 4.74 Å². The number of benzene rings is 1. The van der Waals surface area contributed by atoms with Gasteiger partial charge in [-0.2, -0.15) is 0 Å². The van der Waals surface area contributed by atoms with E-state index in [-0.39, 0.29) is 6.61 Å². The third-order valence-corrected chi connectivity index (χ3v) is 3.08. The first kappa shape index (κ1) is 12.0. The van der Waals surface area contributed by atoms with Gasteiger partial charge in [0, 0.05) is 0 Å². The van der Waals surface area contributed by atoms with Crippen molar-refractivity contribution in [1.29, 1.82) is 0 Å². The molecule has 17 heavy (non-hydrogen) atoms. The summed E-state index contributed by atoms with van der Waals surface area (Å²) in [6.45, 7) is 0.542. The highest BCUT2D eigenvalue weighted by molar-refractivity contribution is 7.13. The molecule has 0 aliphatic rings. The lowest BCUT2D eigenvalue weighted by Gasteiger charge is -2.01. The van der Waals surface area contributed by atoms with Gasteiger partial charge in [-0.05, 0) is 18.4 Å². The summed E-state index contributed by atoms with van der Waals surface area (Å²) in [4.78, 5) is 0. The van der Waals surface area contributed by atoms with Gasteiger partial charge >= 0.3 is 0 Å². The van der Waals surface area contributed by atoms with Gasteiger partial charge in [-0.15, -0.1) is 5.10 Å². The summed E-state index contributed by atoms with van der Waals surface area (Å²) in [5.74, 6) is 0. The number of aromatic nitrogens is 2. The standard InChI is InChI=1S/C12H14N2O2S/c15-9-11-13-14-12(17-11)16-8-4-7-10-5-2-1-3-6-10/h1-3,5-6,15H,4,7-9H2. The van der Waals surface area contributed by atoms with E-state index in [0.29, 0.717) is 16.8 Å². The van der Waals surface area contributed by atoms with Gasteiger partial charge in [0.15, 0.2) is 0 Å². The largest absolute Gasteiger partial charge is 0.469 e. The maximum Gasteiger partial charge on any atom is 0.294 e. The van der Waals surface area contributed by atoms with Crippen molar-refractivity contribution in [2.75, 3.05) is 6.61 Å². The van der Waals surface area contributed by atoms with Crippen molar-refractivity contribution in [3.63, 3.8) is 0 Å². The Morgan fingerprint density at radius 1 is 1.18 bits per heavy atom. The maximum absolute atomic E-state index is 8.82. The quantitative estimate of drug-likeness (QED) is 0.797. The molecule has 0 spiro atoms. The number of aryl methyl sites for hydroxylation is 1. The van der Waals surface area contributed by atoms with E-state index in [1.807, 2.05) is 18.2 Å². The average Bonchev–Trinajstić information content (AvgIpc) is 2.84. The zero-order valence-corrected chi connectivity index (χ0v) is 10.2. The van der Waals surface area contributed by atoms with E-state index in [9.17, 15) is 0 Å². The molecule has 0 fully saturated rings. The topological polar surface area (TPSA) is 55.2 Å². The zero-order valence-electron chi connectivity index (χ0n) is 9.37. The van der Waals surface area contributed by atoms with Crippen LogP contribution in [0.4, 0.5) is 0 Å². The Balaban J connectivity index is 1.69. The number of rotatable bonds is 6. The van der Waals surface area contributed by atoms with Gasteiger partial charge in [-0.25, -0.2) is 0 Å². The summed E-state index contributed by atoms with van der Waals surface area (Å²) in [7, 11) is 0. The summed E-state index contributed by atoms with van der Waals surface area (Å²) >= 11 is 1.28. The third kappa shape index (κ3) is 3.80. The fourth-order valence-electron chi connectivity index (χ4n) is 1.44. The molecule has 1 N–H and O–H groups in total. The molecule has 0 unspecified atom stereocenters. The Labute approximate surface area is 104 Å². The van der Waals surface area contributed by atoms with Crippen LogP contribution in [0.5, 0.6) is 5.19 Å². The summed E-state index contributed by atoms with van der Waals surface area (Å²) in [6.07, 6.45) is 1.94. The van der Waals surface area contributed by atoms with E-state index in [1.54, 1.807) is 0 Å². The molecule has 2 aromatic rings. The highest BCUT2D eigenvalue weighted by Crippen LogP contribution is 2.17. The average molecular weight is 250 g/mol. The second kappa shape index (κ2) is 6.32. The SMILES string of the molecule is OCc1nnc(OCCCc2ccccc2)s1. The van der Waals surface area contributed by atoms with Crippen LogP contribution in [0.3, 0.4) is 0 Å². The number of hydrogen-bond donors (Lipinski definition) is 1. The van der Waals surface area contributed by atoms with Crippen molar-refractivity contribution >= 4 is 11.3 Å². The lowest BCUT2D eigenvalue weighted by molar-refractivity contribution is 0.280. The summed E-state index contributed by atoms with van der Waals surface area (Å²) in [5.41, 5.74) is 1.31. The number of aliphatic hydroxyl groups excluding tert-OH is 1. The fourth-order valence-corrected chi connectivity index (χ4v) is 2.01. The van der Waals surface area contributed by atoms with Gasteiger partial charge in [0.2, 0.25) is 0 Å². The molecule has 0 saturated heterocycles. The van der Waals surface area contributed by atoms with Crippen molar-refractivity contribution in [1.82, 2.24) is 10.2 Å². The molecule has 0 saturated carbocycles. The van der Waals surface area contributed by atoms with Gasteiger partial charge in [0.25, 0.3) is 5.19 Å². The summed E-state index contributed by atoms with van der Waals surface area (Å²) in [5, 5.41) is 17.5. The van der Waals surface area contributed by atoms with E-state index in [0.717, 1.165) is 12.8 Å². The predicted molar refractivity (Wildman–Crippen MR) is 66.1 cm³/mol. The van der Waals surface area contributed by atoms with E-state index in [4.69, 9.17) is 9.84 Å². The van der Waals surface area contributed by atoms with Crippen LogP contribution in [0.25, 0.3) is 0 Å². The number of ether oxygens (including phenoxy) is 1. The molecule has 1 heterocycles. The summed E-state index contributed by atoms with van der Waals surface area (Å²) < 4.78 is 5.44. The molecule has 0 aliphatic heterocycles. The van der Waals surface area contributed by atoms with Crippen LogP contribution in [0.1, 0.15) is 17.0 Å². The van der Waals surface area contributed by atoms with E-state index in [2.05, 4.69) is 22.3 Å². The van der Waals surface area contributed by atoms with Gasteiger partial charge < -0.3 is 9.84 Å². The monoisotopic (exact) mass is 250 g/mol. The lowest BCUT2D eigenvalue weighted by atomic mass is 10.1. The molecule has 1 aromatic heterocycles. The lowest BCUT2D eigenvalue weighted by Crippen LogP contribution is -1.99. The molecule has 5 heteroatoms. The minimum atomic E-state index is -0.0783. The molecular formula is C12H14N2O2S. The van der Waals surface area contributed by atoms with Gasteiger partial charge in [-0.3, -0.25) is 0 Å². The smallest absolute Gasteiger partial charge is 0.294 e.